The highest BCUT2D eigenvalue weighted by molar-refractivity contribution is 5.91. The van der Waals surface area contributed by atoms with E-state index in [2.05, 4.69) is 0 Å². The largest absolute Gasteiger partial charge is 0.396 e. The van der Waals surface area contributed by atoms with E-state index in [-0.39, 0.29) is 18.3 Å². The van der Waals surface area contributed by atoms with Crippen molar-refractivity contribution in [3.63, 3.8) is 0 Å². The maximum atomic E-state index is 12.7. The van der Waals surface area contributed by atoms with E-state index < -0.39 is 0 Å². The Bertz CT molecular complexity index is 415. The maximum Gasteiger partial charge on any atom is 0.246 e. The van der Waals surface area contributed by atoms with Crippen molar-refractivity contribution in [1.82, 2.24) is 4.90 Å². The van der Waals surface area contributed by atoms with Gasteiger partial charge in [0.05, 0.1) is 0 Å². The summed E-state index contributed by atoms with van der Waals surface area (Å²) >= 11 is 0. The van der Waals surface area contributed by atoms with E-state index in [1.807, 2.05) is 0 Å². The van der Waals surface area contributed by atoms with Gasteiger partial charge in [0.1, 0.15) is 5.82 Å². The van der Waals surface area contributed by atoms with E-state index in [9.17, 15) is 9.18 Å². The van der Waals surface area contributed by atoms with Gasteiger partial charge in [-0.15, -0.1) is 0 Å². The molecule has 1 amide bonds. The molecule has 1 aromatic rings. The summed E-state index contributed by atoms with van der Waals surface area (Å²) in [5.74, 6) is -0.363. The molecule has 0 saturated carbocycles. The number of likely N-dealkylation sites (N-methyl/N-ethyl adjacent to an activating group) is 1. The lowest BCUT2D eigenvalue weighted by Crippen LogP contribution is -2.25. The molecule has 0 atom stereocenters. The molecule has 3 nitrogen and oxygen atoms in total. The lowest BCUT2D eigenvalue weighted by molar-refractivity contribution is -0.124. The summed E-state index contributed by atoms with van der Waals surface area (Å²) in [6.45, 7) is 0.870. The number of carbonyl (C=O) groups excluding carboxylic acids is 1. The number of unbranched alkanes of at least 4 members (excludes halogenated alkanes) is 2. The molecule has 0 aliphatic rings. The number of benzene rings is 1. The molecule has 0 aromatic heterocycles. The van der Waals surface area contributed by atoms with Gasteiger partial charge in [-0.3, -0.25) is 4.79 Å². The first kappa shape index (κ1) is 15.4. The monoisotopic (exact) mass is 265 g/mol. The molecule has 0 unspecified atom stereocenters. The minimum Gasteiger partial charge on any atom is -0.396 e. The molecule has 4 heteroatoms. The number of aliphatic hydroxyl groups is 1. The van der Waals surface area contributed by atoms with Gasteiger partial charge in [-0.05, 0) is 43.0 Å². The van der Waals surface area contributed by atoms with Gasteiger partial charge in [-0.25, -0.2) is 4.39 Å². The van der Waals surface area contributed by atoms with Gasteiger partial charge in [-0.2, -0.15) is 0 Å². The molecule has 0 aliphatic heterocycles. The third kappa shape index (κ3) is 6.15. The summed E-state index contributed by atoms with van der Waals surface area (Å²) in [7, 11) is 1.75. The molecule has 1 aromatic carbocycles. The van der Waals surface area contributed by atoms with Crippen molar-refractivity contribution >= 4 is 12.0 Å². The van der Waals surface area contributed by atoms with Gasteiger partial charge < -0.3 is 10.0 Å². The van der Waals surface area contributed by atoms with Crippen LogP contribution in [0.1, 0.15) is 24.8 Å². The van der Waals surface area contributed by atoms with Crippen LogP contribution >= 0.6 is 0 Å². The maximum absolute atomic E-state index is 12.7. The summed E-state index contributed by atoms with van der Waals surface area (Å²) < 4.78 is 12.7. The lowest BCUT2D eigenvalue weighted by Gasteiger charge is -2.14. The molecule has 0 bridgehead atoms. The van der Waals surface area contributed by atoms with Crippen LogP contribution in [-0.4, -0.2) is 36.1 Å². The Labute approximate surface area is 113 Å². The first-order chi connectivity index (χ1) is 9.13. The van der Waals surface area contributed by atoms with Gasteiger partial charge in [0, 0.05) is 26.3 Å². The number of carbonyl (C=O) groups is 1. The minimum atomic E-state index is -0.288. The summed E-state index contributed by atoms with van der Waals surface area (Å²) in [4.78, 5) is 13.4. The van der Waals surface area contributed by atoms with E-state index in [0.29, 0.717) is 6.54 Å². The number of hydrogen-bond acceptors (Lipinski definition) is 2. The fourth-order valence-electron chi connectivity index (χ4n) is 1.62. The number of aliphatic hydroxyl groups excluding tert-OH is 1. The normalized spacial score (nSPS) is 10.9. The molecule has 1 rings (SSSR count). The van der Waals surface area contributed by atoms with Crippen LogP contribution in [0.2, 0.25) is 0 Å². The number of rotatable bonds is 7. The van der Waals surface area contributed by atoms with E-state index in [4.69, 9.17) is 5.11 Å². The molecule has 0 spiro atoms. The Balaban J connectivity index is 2.38. The predicted octanol–water partition coefficient (Wildman–Crippen LogP) is 2.46. The Kier molecular flexibility index (Phi) is 6.82. The number of amides is 1. The number of halogens is 1. The lowest BCUT2D eigenvalue weighted by atomic mass is 10.2. The molecular weight excluding hydrogens is 245 g/mol. The van der Waals surface area contributed by atoms with E-state index in [0.717, 1.165) is 24.8 Å². The van der Waals surface area contributed by atoms with Gasteiger partial charge in [0.25, 0.3) is 0 Å². The Morgan fingerprint density at radius 2 is 1.95 bits per heavy atom. The first-order valence-corrected chi connectivity index (χ1v) is 6.43. The van der Waals surface area contributed by atoms with Crippen LogP contribution in [0.15, 0.2) is 30.3 Å². The SMILES string of the molecule is CN(CCCCCO)C(=O)/C=C/c1ccc(F)cc1. The van der Waals surface area contributed by atoms with Crippen molar-refractivity contribution in [3.05, 3.63) is 41.7 Å². The van der Waals surface area contributed by atoms with Crippen LogP contribution in [0.4, 0.5) is 4.39 Å². The highest BCUT2D eigenvalue weighted by Gasteiger charge is 2.03. The van der Waals surface area contributed by atoms with Crippen molar-refractivity contribution in [1.29, 1.82) is 0 Å². The van der Waals surface area contributed by atoms with Crippen LogP contribution < -0.4 is 0 Å². The first-order valence-electron chi connectivity index (χ1n) is 6.43. The second-order valence-corrected chi connectivity index (χ2v) is 4.43. The molecule has 0 saturated heterocycles. The number of nitrogens with zero attached hydrogens (tertiary/aromatic N) is 1. The van der Waals surface area contributed by atoms with E-state index in [1.165, 1.54) is 18.2 Å². The van der Waals surface area contributed by atoms with Gasteiger partial charge >= 0.3 is 0 Å². The summed E-state index contributed by atoms with van der Waals surface area (Å²) in [5, 5.41) is 8.65. The zero-order chi connectivity index (χ0) is 14.1. The molecular formula is C15H20FNO2. The summed E-state index contributed by atoms with van der Waals surface area (Å²) in [5.41, 5.74) is 0.795. The van der Waals surface area contributed by atoms with Crippen molar-refractivity contribution in [2.45, 2.75) is 19.3 Å². The Morgan fingerprint density at radius 1 is 1.26 bits per heavy atom. The quantitative estimate of drug-likeness (QED) is 0.607. The number of hydrogen-bond donors (Lipinski definition) is 1. The van der Waals surface area contributed by atoms with Gasteiger partial charge in [-0.1, -0.05) is 12.1 Å². The second kappa shape index (κ2) is 8.43. The topological polar surface area (TPSA) is 40.5 Å². The standard InChI is InChI=1S/C15H20FNO2/c1-17(11-3-2-4-12-18)15(19)10-7-13-5-8-14(16)9-6-13/h5-10,18H,2-4,11-12H2,1H3/b10-7+. The molecule has 0 aliphatic carbocycles. The zero-order valence-corrected chi connectivity index (χ0v) is 11.2. The minimum absolute atomic E-state index is 0.0756. The smallest absolute Gasteiger partial charge is 0.246 e. The molecule has 104 valence electrons. The highest BCUT2D eigenvalue weighted by atomic mass is 19.1. The van der Waals surface area contributed by atoms with Crippen LogP contribution in [0.25, 0.3) is 6.08 Å². The summed E-state index contributed by atoms with van der Waals surface area (Å²) in [6.07, 6.45) is 5.72. The average Bonchev–Trinajstić information content (AvgIpc) is 2.42. The molecule has 0 fully saturated rings. The molecule has 19 heavy (non-hydrogen) atoms. The van der Waals surface area contributed by atoms with Crippen LogP contribution in [0, 0.1) is 5.82 Å². The molecule has 0 heterocycles. The van der Waals surface area contributed by atoms with Crippen molar-refractivity contribution in [2.24, 2.45) is 0 Å². The Hall–Kier alpha value is -1.68. The van der Waals surface area contributed by atoms with Gasteiger partial charge in [0.2, 0.25) is 5.91 Å². The van der Waals surface area contributed by atoms with Crippen molar-refractivity contribution < 1.29 is 14.3 Å². The third-order valence-corrected chi connectivity index (χ3v) is 2.82. The molecule has 0 radical (unpaired) electrons. The van der Waals surface area contributed by atoms with Crippen molar-refractivity contribution in [3.8, 4) is 0 Å². The fraction of sp³-hybridized carbons (Fsp3) is 0.400. The van der Waals surface area contributed by atoms with Gasteiger partial charge in [0.15, 0.2) is 0 Å². The predicted molar refractivity (Wildman–Crippen MR) is 74.0 cm³/mol. The second-order valence-electron chi connectivity index (χ2n) is 4.43. The highest BCUT2D eigenvalue weighted by Crippen LogP contribution is 2.05. The van der Waals surface area contributed by atoms with E-state index in [1.54, 1.807) is 30.2 Å². The van der Waals surface area contributed by atoms with Crippen LogP contribution in [-0.2, 0) is 4.79 Å². The van der Waals surface area contributed by atoms with Crippen LogP contribution in [0.5, 0.6) is 0 Å². The zero-order valence-electron chi connectivity index (χ0n) is 11.2. The van der Waals surface area contributed by atoms with Crippen LogP contribution in [0.3, 0.4) is 0 Å². The fourth-order valence-corrected chi connectivity index (χ4v) is 1.62. The third-order valence-electron chi connectivity index (χ3n) is 2.82. The molecule has 1 N–H and O–H groups in total. The average molecular weight is 265 g/mol. The van der Waals surface area contributed by atoms with Crippen molar-refractivity contribution in [2.75, 3.05) is 20.2 Å². The Morgan fingerprint density at radius 3 is 2.58 bits per heavy atom. The van der Waals surface area contributed by atoms with E-state index >= 15 is 0 Å². The summed E-state index contributed by atoms with van der Waals surface area (Å²) in [6, 6.07) is 5.98.